The summed E-state index contributed by atoms with van der Waals surface area (Å²) >= 11 is 1.44. The Hall–Kier alpha value is -2.53. The van der Waals surface area contributed by atoms with Crippen molar-refractivity contribution < 1.29 is 4.79 Å². The minimum Gasteiger partial charge on any atom is -0.298 e. The van der Waals surface area contributed by atoms with Gasteiger partial charge in [-0.2, -0.15) is 0 Å². The van der Waals surface area contributed by atoms with E-state index in [0.717, 1.165) is 17.7 Å². The maximum atomic E-state index is 12.1. The molecule has 4 nitrogen and oxygen atoms in total. The third kappa shape index (κ3) is 2.87. The van der Waals surface area contributed by atoms with Crippen LogP contribution in [0.5, 0.6) is 0 Å². The van der Waals surface area contributed by atoms with E-state index < -0.39 is 0 Å². The van der Waals surface area contributed by atoms with Crippen molar-refractivity contribution in [3.63, 3.8) is 0 Å². The number of fused-ring (bicyclic) bond motifs is 1. The molecular formula is C18H15N3OS. The lowest BCUT2D eigenvalue weighted by molar-refractivity contribution is 0.102. The molecule has 2 aromatic heterocycles. The summed E-state index contributed by atoms with van der Waals surface area (Å²) in [5.41, 5.74) is 5.49. The summed E-state index contributed by atoms with van der Waals surface area (Å²) in [6.45, 7) is 0. The highest BCUT2D eigenvalue weighted by Gasteiger charge is 2.14. The molecule has 3 aromatic rings. The minimum absolute atomic E-state index is 0.165. The van der Waals surface area contributed by atoms with Gasteiger partial charge in [-0.05, 0) is 48.6 Å². The molecule has 1 amide bonds. The lowest BCUT2D eigenvalue weighted by Crippen LogP contribution is -2.11. The van der Waals surface area contributed by atoms with Gasteiger partial charge in [-0.1, -0.05) is 12.1 Å². The Balaban J connectivity index is 1.54. The van der Waals surface area contributed by atoms with Crippen molar-refractivity contribution in [2.45, 2.75) is 19.3 Å². The van der Waals surface area contributed by atoms with Crippen LogP contribution in [-0.2, 0) is 12.8 Å². The van der Waals surface area contributed by atoms with Crippen molar-refractivity contribution in [1.29, 1.82) is 0 Å². The van der Waals surface area contributed by atoms with Crippen molar-refractivity contribution in [3.8, 4) is 11.3 Å². The van der Waals surface area contributed by atoms with Crippen molar-refractivity contribution in [2.24, 2.45) is 0 Å². The summed E-state index contributed by atoms with van der Waals surface area (Å²) in [5.74, 6) is -0.165. The van der Waals surface area contributed by atoms with E-state index in [9.17, 15) is 4.79 Å². The fourth-order valence-corrected chi connectivity index (χ4v) is 3.58. The molecular weight excluding hydrogens is 306 g/mol. The van der Waals surface area contributed by atoms with E-state index in [1.165, 1.54) is 35.3 Å². The average molecular weight is 321 g/mol. The first-order valence-corrected chi connectivity index (χ1v) is 8.47. The van der Waals surface area contributed by atoms with Gasteiger partial charge < -0.3 is 0 Å². The number of pyridine rings is 1. The maximum absolute atomic E-state index is 12.1. The van der Waals surface area contributed by atoms with E-state index in [1.54, 1.807) is 24.5 Å². The molecule has 1 aliphatic rings. The predicted molar refractivity (Wildman–Crippen MR) is 91.8 cm³/mol. The fraction of sp³-hybridized carbons (Fsp3) is 0.167. The number of nitrogens with zero attached hydrogens (tertiary/aromatic N) is 2. The number of aromatic nitrogens is 2. The summed E-state index contributed by atoms with van der Waals surface area (Å²) in [6, 6.07) is 9.92. The smallest absolute Gasteiger partial charge is 0.257 e. The van der Waals surface area contributed by atoms with Gasteiger partial charge in [0, 0.05) is 28.9 Å². The van der Waals surface area contributed by atoms with E-state index in [2.05, 4.69) is 33.5 Å². The molecule has 23 heavy (non-hydrogen) atoms. The Morgan fingerprint density at radius 2 is 1.91 bits per heavy atom. The lowest BCUT2D eigenvalue weighted by atomic mass is 10.1. The van der Waals surface area contributed by atoms with Crippen LogP contribution in [0.3, 0.4) is 0 Å². The summed E-state index contributed by atoms with van der Waals surface area (Å²) in [6.07, 6.45) is 6.78. The molecule has 0 unspecified atom stereocenters. The third-order valence-electron chi connectivity index (χ3n) is 4.06. The first-order valence-electron chi connectivity index (χ1n) is 7.59. The molecule has 4 rings (SSSR count). The zero-order valence-electron chi connectivity index (χ0n) is 12.5. The average Bonchev–Trinajstić information content (AvgIpc) is 3.23. The largest absolute Gasteiger partial charge is 0.298 e. The Morgan fingerprint density at radius 1 is 1.09 bits per heavy atom. The third-order valence-corrected chi connectivity index (χ3v) is 4.82. The molecule has 1 aromatic carbocycles. The Bertz CT molecular complexity index is 858. The second-order valence-corrected chi connectivity index (χ2v) is 6.42. The van der Waals surface area contributed by atoms with Gasteiger partial charge in [0.05, 0.1) is 5.69 Å². The Kier molecular flexibility index (Phi) is 3.63. The first-order chi connectivity index (χ1) is 11.3. The number of thiazole rings is 1. The topological polar surface area (TPSA) is 54.9 Å². The van der Waals surface area contributed by atoms with Gasteiger partial charge in [0.25, 0.3) is 5.91 Å². The van der Waals surface area contributed by atoms with Crippen LogP contribution >= 0.6 is 11.3 Å². The van der Waals surface area contributed by atoms with E-state index in [-0.39, 0.29) is 5.91 Å². The summed E-state index contributed by atoms with van der Waals surface area (Å²) in [5, 5.41) is 5.44. The van der Waals surface area contributed by atoms with Crippen molar-refractivity contribution in [1.82, 2.24) is 9.97 Å². The van der Waals surface area contributed by atoms with Crippen LogP contribution in [0.15, 0.2) is 48.1 Å². The summed E-state index contributed by atoms with van der Waals surface area (Å²) in [7, 11) is 0. The molecule has 0 saturated heterocycles. The van der Waals surface area contributed by atoms with Crippen molar-refractivity contribution in [3.05, 3.63) is 64.8 Å². The van der Waals surface area contributed by atoms with Crippen LogP contribution in [0.2, 0.25) is 0 Å². The van der Waals surface area contributed by atoms with E-state index >= 15 is 0 Å². The predicted octanol–water partition coefficient (Wildman–Crippen LogP) is 3.95. The van der Waals surface area contributed by atoms with Crippen LogP contribution in [0.1, 0.15) is 27.9 Å². The normalized spacial score (nSPS) is 12.9. The van der Waals surface area contributed by atoms with Gasteiger partial charge in [-0.15, -0.1) is 11.3 Å². The van der Waals surface area contributed by atoms with Crippen LogP contribution in [0.4, 0.5) is 5.13 Å². The Morgan fingerprint density at radius 3 is 2.78 bits per heavy atom. The zero-order valence-corrected chi connectivity index (χ0v) is 13.3. The lowest BCUT2D eigenvalue weighted by Gasteiger charge is -2.03. The van der Waals surface area contributed by atoms with Crippen LogP contribution in [0.25, 0.3) is 11.3 Å². The van der Waals surface area contributed by atoms with E-state index in [4.69, 9.17) is 0 Å². The Labute approximate surface area is 138 Å². The molecule has 5 heteroatoms. The molecule has 114 valence electrons. The number of hydrogen-bond acceptors (Lipinski definition) is 4. The number of benzene rings is 1. The van der Waals surface area contributed by atoms with Crippen molar-refractivity contribution in [2.75, 3.05) is 5.32 Å². The standard InChI is InChI=1S/C18H15N3OS/c22-17(13-6-8-19-9-7-13)21-18-20-16(11-23-18)15-5-4-12-2-1-3-14(12)10-15/h4-11H,1-3H2,(H,20,21,22). The van der Waals surface area contributed by atoms with Crippen LogP contribution in [0, 0.1) is 0 Å². The number of hydrogen-bond donors (Lipinski definition) is 1. The number of aryl methyl sites for hydroxylation is 2. The highest BCUT2D eigenvalue weighted by atomic mass is 32.1. The van der Waals surface area contributed by atoms with Gasteiger partial charge in [-0.3, -0.25) is 15.1 Å². The molecule has 1 N–H and O–H groups in total. The quantitative estimate of drug-likeness (QED) is 0.795. The van der Waals surface area contributed by atoms with Crippen molar-refractivity contribution >= 4 is 22.4 Å². The molecule has 0 aliphatic heterocycles. The molecule has 0 spiro atoms. The SMILES string of the molecule is O=C(Nc1nc(-c2ccc3c(c2)CCC3)cs1)c1ccncc1. The number of anilines is 1. The monoisotopic (exact) mass is 321 g/mol. The van der Waals surface area contributed by atoms with Gasteiger partial charge in [-0.25, -0.2) is 4.98 Å². The number of amides is 1. The van der Waals surface area contributed by atoms with E-state index in [0.29, 0.717) is 10.7 Å². The molecule has 1 aliphatic carbocycles. The summed E-state index contributed by atoms with van der Waals surface area (Å²) < 4.78 is 0. The first kappa shape index (κ1) is 14.1. The van der Waals surface area contributed by atoms with Gasteiger partial charge >= 0.3 is 0 Å². The second kappa shape index (κ2) is 5.93. The molecule has 2 heterocycles. The molecule has 0 bridgehead atoms. The molecule has 0 fully saturated rings. The number of nitrogens with one attached hydrogen (secondary N) is 1. The number of carbonyl (C=O) groups is 1. The van der Waals surface area contributed by atoms with Crippen LogP contribution in [-0.4, -0.2) is 15.9 Å². The summed E-state index contributed by atoms with van der Waals surface area (Å²) in [4.78, 5) is 20.6. The zero-order chi connectivity index (χ0) is 15.6. The molecule has 0 atom stereocenters. The highest BCUT2D eigenvalue weighted by molar-refractivity contribution is 7.14. The van der Waals surface area contributed by atoms with E-state index in [1.807, 2.05) is 5.38 Å². The molecule has 0 saturated carbocycles. The second-order valence-electron chi connectivity index (χ2n) is 5.56. The van der Waals surface area contributed by atoms with Gasteiger partial charge in [0.2, 0.25) is 0 Å². The number of carbonyl (C=O) groups excluding carboxylic acids is 1. The van der Waals surface area contributed by atoms with Gasteiger partial charge in [0.15, 0.2) is 5.13 Å². The number of rotatable bonds is 3. The molecule has 0 radical (unpaired) electrons. The maximum Gasteiger partial charge on any atom is 0.257 e. The van der Waals surface area contributed by atoms with Gasteiger partial charge in [0.1, 0.15) is 0 Å². The highest BCUT2D eigenvalue weighted by Crippen LogP contribution is 2.30. The van der Waals surface area contributed by atoms with Crippen LogP contribution < -0.4 is 5.32 Å². The fourth-order valence-electron chi connectivity index (χ4n) is 2.87. The minimum atomic E-state index is -0.165.